The summed E-state index contributed by atoms with van der Waals surface area (Å²) in [5, 5.41) is 10.6. The number of benzene rings is 2. The highest BCUT2D eigenvalue weighted by atomic mass is 16.5. The van der Waals surface area contributed by atoms with E-state index in [2.05, 4.69) is 20.7 Å². The van der Waals surface area contributed by atoms with E-state index in [0.717, 1.165) is 5.56 Å². The van der Waals surface area contributed by atoms with Crippen LogP contribution in [-0.4, -0.2) is 40.5 Å². The molecule has 0 fully saturated rings. The van der Waals surface area contributed by atoms with Crippen molar-refractivity contribution in [2.75, 3.05) is 24.4 Å². The molecule has 1 aliphatic heterocycles. The molecule has 1 unspecified atom stereocenters. The number of amides is 1. The molecule has 1 amide bonds. The highest BCUT2D eigenvalue weighted by molar-refractivity contribution is 6.06. The number of hydrogen-bond donors (Lipinski definition) is 2. The van der Waals surface area contributed by atoms with E-state index in [1.54, 1.807) is 11.8 Å². The first-order valence-electron chi connectivity index (χ1n) is 11.2. The zero-order valence-electron chi connectivity index (χ0n) is 20.0. The Kier molecular flexibility index (Phi) is 6.72. The summed E-state index contributed by atoms with van der Waals surface area (Å²) >= 11 is 0. The van der Waals surface area contributed by atoms with Crippen LogP contribution in [0.25, 0.3) is 0 Å². The highest BCUT2D eigenvalue weighted by Gasteiger charge is 2.34. The number of hydrogen-bond acceptors (Lipinski definition) is 7. The summed E-state index contributed by atoms with van der Waals surface area (Å²) in [4.78, 5) is 17.9. The number of rotatable bonds is 8. The number of carbonyl (C=O) groups is 1. The Morgan fingerprint density at radius 2 is 1.97 bits per heavy atom. The third kappa shape index (κ3) is 4.54. The predicted molar refractivity (Wildman–Crippen MR) is 129 cm³/mol. The van der Waals surface area contributed by atoms with Crippen LogP contribution < -0.4 is 24.8 Å². The van der Waals surface area contributed by atoms with E-state index in [0.29, 0.717) is 46.8 Å². The van der Waals surface area contributed by atoms with Gasteiger partial charge in [0.15, 0.2) is 11.5 Å². The van der Waals surface area contributed by atoms with E-state index < -0.39 is 6.04 Å². The van der Waals surface area contributed by atoms with Gasteiger partial charge in [0.2, 0.25) is 5.95 Å². The Morgan fingerprint density at radius 1 is 1.18 bits per heavy atom. The lowest BCUT2D eigenvalue weighted by atomic mass is 9.94. The van der Waals surface area contributed by atoms with Gasteiger partial charge in [-0.1, -0.05) is 18.2 Å². The zero-order valence-corrected chi connectivity index (χ0v) is 20.0. The first-order chi connectivity index (χ1) is 16.4. The van der Waals surface area contributed by atoms with Crippen molar-refractivity contribution in [2.24, 2.45) is 0 Å². The van der Waals surface area contributed by atoms with Gasteiger partial charge >= 0.3 is 0 Å². The van der Waals surface area contributed by atoms with Gasteiger partial charge in [-0.2, -0.15) is 10.1 Å². The average Bonchev–Trinajstić information content (AvgIpc) is 3.27. The molecular formula is C25H29N5O4. The quantitative estimate of drug-likeness (QED) is 0.511. The number of carbonyl (C=O) groups excluding carboxylic acids is 1. The molecule has 3 aromatic rings. The molecule has 2 N–H and O–H groups in total. The second kappa shape index (κ2) is 9.86. The fourth-order valence-electron chi connectivity index (χ4n) is 3.94. The van der Waals surface area contributed by atoms with Gasteiger partial charge in [0.05, 0.1) is 31.1 Å². The van der Waals surface area contributed by atoms with Crippen LogP contribution in [0.3, 0.4) is 0 Å². The maximum Gasteiger partial charge on any atom is 0.255 e. The first kappa shape index (κ1) is 23.2. The van der Waals surface area contributed by atoms with Gasteiger partial charge in [-0.15, -0.1) is 0 Å². The predicted octanol–water partition coefficient (Wildman–Crippen LogP) is 4.40. The number of nitrogens with zero attached hydrogens (tertiary/aromatic N) is 3. The van der Waals surface area contributed by atoms with Crippen molar-refractivity contribution in [1.29, 1.82) is 0 Å². The number of fused-ring (bicyclic) bond motifs is 1. The SMILES string of the molecule is CCOc1ccccc1NC(=O)C1=C(C)Nc2ncnn2C1c1ccc(OC(C)C)c(OC)c1. The number of para-hydroxylation sites is 2. The van der Waals surface area contributed by atoms with Crippen LogP contribution in [0, 0.1) is 0 Å². The molecule has 1 atom stereocenters. The second-order valence-electron chi connectivity index (χ2n) is 8.05. The highest BCUT2D eigenvalue weighted by Crippen LogP contribution is 2.39. The van der Waals surface area contributed by atoms with Crippen LogP contribution >= 0.6 is 0 Å². The Balaban J connectivity index is 1.75. The van der Waals surface area contributed by atoms with Crippen LogP contribution in [-0.2, 0) is 4.79 Å². The Hall–Kier alpha value is -4.01. The minimum absolute atomic E-state index is 0.00515. The lowest BCUT2D eigenvalue weighted by molar-refractivity contribution is -0.113. The van der Waals surface area contributed by atoms with E-state index in [4.69, 9.17) is 14.2 Å². The minimum Gasteiger partial charge on any atom is -0.493 e. The lowest BCUT2D eigenvalue weighted by Gasteiger charge is -2.29. The number of nitrogens with one attached hydrogen (secondary N) is 2. The van der Waals surface area contributed by atoms with E-state index in [9.17, 15) is 4.79 Å². The molecule has 2 aromatic carbocycles. The van der Waals surface area contributed by atoms with Crippen molar-refractivity contribution in [3.05, 3.63) is 65.6 Å². The Morgan fingerprint density at radius 3 is 2.71 bits per heavy atom. The molecular weight excluding hydrogens is 434 g/mol. The minimum atomic E-state index is -0.528. The van der Waals surface area contributed by atoms with Gasteiger partial charge in [-0.25, -0.2) is 4.68 Å². The monoisotopic (exact) mass is 463 g/mol. The maximum atomic E-state index is 13.6. The van der Waals surface area contributed by atoms with Crippen molar-refractivity contribution >= 4 is 17.5 Å². The number of methoxy groups -OCH3 is 1. The second-order valence-corrected chi connectivity index (χ2v) is 8.05. The Labute approximate surface area is 198 Å². The molecule has 9 nitrogen and oxygen atoms in total. The molecule has 0 saturated carbocycles. The fourth-order valence-corrected chi connectivity index (χ4v) is 3.94. The van der Waals surface area contributed by atoms with Gasteiger partial charge in [0.1, 0.15) is 18.1 Å². The summed E-state index contributed by atoms with van der Waals surface area (Å²) in [6.45, 7) is 8.15. The molecule has 2 heterocycles. The summed E-state index contributed by atoms with van der Waals surface area (Å²) < 4.78 is 18.8. The summed E-state index contributed by atoms with van der Waals surface area (Å²) in [5.74, 6) is 2.09. The van der Waals surface area contributed by atoms with Crippen LogP contribution in [0.4, 0.5) is 11.6 Å². The van der Waals surface area contributed by atoms with Crippen molar-refractivity contribution in [1.82, 2.24) is 14.8 Å². The normalized spacial score (nSPS) is 14.9. The molecule has 0 spiro atoms. The summed E-state index contributed by atoms with van der Waals surface area (Å²) in [6, 6.07) is 12.5. The van der Waals surface area contributed by atoms with Gasteiger partial charge in [-0.05, 0) is 57.5 Å². The zero-order chi connectivity index (χ0) is 24.2. The largest absolute Gasteiger partial charge is 0.493 e. The first-order valence-corrected chi connectivity index (χ1v) is 11.2. The Bertz CT molecular complexity index is 1220. The van der Waals surface area contributed by atoms with Crippen molar-refractivity contribution in [2.45, 2.75) is 39.8 Å². The van der Waals surface area contributed by atoms with Crippen molar-refractivity contribution < 1.29 is 19.0 Å². The van der Waals surface area contributed by atoms with E-state index in [-0.39, 0.29) is 12.0 Å². The number of anilines is 2. The molecule has 0 radical (unpaired) electrons. The van der Waals surface area contributed by atoms with Gasteiger partial charge in [-0.3, -0.25) is 4.79 Å². The fraction of sp³-hybridized carbons (Fsp3) is 0.320. The third-order valence-corrected chi connectivity index (χ3v) is 5.34. The average molecular weight is 464 g/mol. The summed E-state index contributed by atoms with van der Waals surface area (Å²) in [7, 11) is 1.59. The van der Waals surface area contributed by atoms with E-state index in [1.807, 2.05) is 70.2 Å². The van der Waals surface area contributed by atoms with Crippen LogP contribution in [0.1, 0.15) is 39.3 Å². The molecule has 4 rings (SSSR count). The van der Waals surface area contributed by atoms with Crippen molar-refractivity contribution in [3.8, 4) is 17.2 Å². The molecule has 178 valence electrons. The molecule has 9 heteroatoms. The number of allylic oxidation sites excluding steroid dienone is 1. The van der Waals surface area contributed by atoms with Gasteiger partial charge in [0.25, 0.3) is 5.91 Å². The van der Waals surface area contributed by atoms with Crippen LogP contribution in [0.15, 0.2) is 60.1 Å². The number of ether oxygens (including phenoxy) is 3. The van der Waals surface area contributed by atoms with E-state index >= 15 is 0 Å². The van der Waals surface area contributed by atoms with Crippen molar-refractivity contribution in [3.63, 3.8) is 0 Å². The standard InChI is InChI=1S/C25H29N5O4/c1-6-33-19-10-8-7-9-18(19)29-24(31)22-16(4)28-25-26-14-27-30(25)23(22)17-11-12-20(34-15(2)3)21(13-17)32-5/h7-15,23H,6H2,1-5H3,(H,29,31)(H,26,27,28). The van der Waals surface area contributed by atoms with E-state index in [1.165, 1.54) is 6.33 Å². The summed E-state index contributed by atoms with van der Waals surface area (Å²) in [6.07, 6.45) is 1.45. The molecule has 34 heavy (non-hydrogen) atoms. The smallest absolute Gasteiger partial charge is 0.255 e. The molecule has 0 bridgehead atoms. The maximum absolute atomic E-state index is 13.6. The molecule has 1 aromatic heterocycles. The third-order valence-electron chi connectivity index (χ3n) is 5.34. The topological polar surface area (TPSA) is 99.5 Å². The summed E-state index contributed by atoms with van der Waals surface area (Å²) in [5.41, 5.74) is 2.59. The number of aromatic nitrogens is 3. The molecule has 0 saturated heterocycles. The molecule has 1 aliphatic rings. The van der Waals surface area contributed by atoms with Gasteiger partial charge < -0.3 is 24.8 Å². The molecule has 0 aliphatic carbocycles. The van der Waals surface area contributed by atoms with Crippen LogP contribution in [0.5, 0.6) is 17.2 Å². The van der Waals surface area contributed by atoms with Crippen LogP contribution in [0.2, 0.25) is 0 Å². The lowest BCUT2D eigenvalue weighted by Crippen LogP contribution is -2.31. The van der Waals surface area contributed by atoms with Gasteiger partial charge in [0, 0.05) is 5.70 Å².